The standard InChI is InChI=1S/C20H27N5O/c1-13-11-14(2)23-19-18(13)20(22-12-21-19)25-9-7-15(8-10-25)3-6-17(26)24-16-4-5-16/h11-12,15-16H,3-10H2,1-2H3,(H,24,26). The number of hydrogen-bond donors (Lipinski definition) is 1. The van der Waals surface area contributed by atoms with Crippen LogP contribution in [0.15, 0.2) is 12.4 Å². The van der Waals surface area contributed by atoms with E-state index in [1.165, 1.54) is 5.56 Å². The van der Waals surface area contributed by atoms with Crippen LogP contribution in [0.1, 0.15) is 49.8 Å². The van der Waals surface area contributed by atoms with Gasteiger partial charge in [0.1, 0.15) is 12.1 Å². The lowest BCUT2D eigenvalue weighted by molar-refractivity contribution is -0.121. The lowest BCUT2D eigenvalue weighted by atomic mass is 9.92. The zero-order valence-electron chi connectivity index (χ0n) is 15.7. The highest BCUT2D eigenvalue weighted by Gasteiger charge is 2.25. The van der Waals surface area contributed by atoms with Gasteiger partial charge >= 0.3 is 0 Å². The van der Waals surface area contributed by atoms with E-state index in [-0.39, 0.29) is 5.91 Å². The lowest BCUT2D eigenvalue weighted by Crippen LogP contribution is -2.35. The summed E-state index contributed by atoms with van der Waals surface area (Å²) in [4.78, 5) is 27.7. The van der Waals surface area contributed by atoms with Crippen molar-refractivity contribution in [1.82, 2.24) is 20.3 Å². The Labute approximate surface area is 154 Å². The number of rotatable bonds is 5. The van der Waals surface area contributed by atoms with Gasteiger partial charge in [-0.05, 0) is 63.5 Å². The van der Waals surface area contributed by atoms with Crippen molar-refractivity contribution >= 4 is 22.8 Å². The van der Waals surface area contributed by atoms with E-state index >= 15 is 0 Å². The summed E-state index contributed by atoms with van der Waals surface area (Å²) in [6.07, 6.45) is 7.82. The van der Waals surface area contributed by atoms with Crippen LogP contribution in [0.5, 0.6) is 0 Å². The summed E-state index contributed by atoms with van der Waals surface area (Å²) >= 11 is 0. The van der Waals surface area contributed by atoms with E-state index in [0.29, 0.717) is 18.4 Å². The first-order chi connectivity index (χ1) is 12.6. The van der Waals surface area contributed by atoms with Gasteiger partial charge in [0.05, 0.1) is 5.39 Å². The number of carbonyl (C=O) groups is 1. The van der Waals surface area contributed by atoms with Gasteiger partial charge in [-0.15, -0.1) is 0 Å². The van der Waals surface area contributed by atoms with Crippen LogP contribution in [-0.4, -0.2) is 40.0 Å². The van der Waals surface area contributed by atoms with E-state index in [2.05, 4.69) is 38.2 Å². The number of nitrogens with zero attached hydrogens (tertiary/aromatic N) is 4. The number of anilines is 1. The number of carbonyl (C=O) groups excluding carboxylic acids is 1. The first-order valence-electron chi connectivity index (χ1n) is 9.73. The van der Waals surface area contributed by atoms with Crippen LogP contribution in [0.25, 0.3) is 11.0 Å². The average molecular weight is 353 g/mol. The van der Waals surface area contributed by atoms with Gasteiger partial charge in [-0.1, -0.05) is 0 Å². The molecule has 1 saturated carbocycles. The molecule has 26 heavy (non-hydrogen) atoms. The minimum absolute atomic E-state index is 0.230. The highest BCUT2D eigenvalue weighted by molar-refractivity contribution is 5.90. The number of aromatic nitrogens is 3. The van der Waals surface area contributed by atoms with Gasteiger partial charge in [0, 0.05) is 31.2 Å². The third-order valence-electron chi connectivity index (χ3n) is 5.55. The summed E-state index contributed by atoms with van der Waals surface area (Å²) in [5, 5.41) is 4.16. The van der Waals surface area contributed by atoms with Crippen LogP contribution >= 0.6 is 0 Å². The van der Waals surface area contributed by atoms with E-state index < -0.39 is 0 Å². The van der Waals surface area contributed by atoms with Crippen LogP contribution < -0.4 is 10.2 Å². The van der Waals surface area contributed by atoms with Gasteiger partial charge in [0.2, 0.25) is 5.91 Å². The van der Waals surface area contributed by atoms with Crippen LogP contribution in [0, 0.1) is 19.8 Å². The molecule has 2 fully saturated rings. The second kappa shape index (κ2) is 7.17. The molecule has 6 heteroatoms. The Hall–Kier alpha value is -2.24. The van der Waals surface area contributed by atoms with Gasteiger partial charge in [-0.3, -0.25) is 4.79 Å². The van der Waals surface area contributed by atoms with Crippen molar-refractivity contribution in [3.05, 3.63) is 23.7 Å². The molecule has 2 aromatic heterocycles. The first kappa shape index (κ1) is 17.2. The zero-order chi connectivity index (χ0) is 18.1. The van der Waals surface area contributed by atoms with Crippen molar-refractivity contribution in [2.24, 2.45) is 5.92 Å². The molecule has 1 N–H and O–H groups in total. The van der Waals surface area contributed by atoms with E-state index in [1.807, 2.05) is 6.92 Å². The maximum Gasteiger partial charge on any atom is 0.220 e. The number of amides is 1. The Morgan fingerprint density at radius 1 is 1.19 bits per heavy atom. The van der Waals surface area contributed by atoms with Crippen LogP contribution in [0.3, 0.4) is 0 Å². The molecule has 0 unspecified atom stereocenters. The lowest BCUT2D eigenvalue weighted by Gasteiger charge is -2.33. The maximum atomic E-state index is 11.9. The van der Waals surface area contributed by atoms with Crippen molar-refractivity contribution in [2.75, 3.05) is 18.0 Å². The van der Waals surface area contributed by atoms with E-state index in [0.717, 1.165) is 67.7 Å². The van der Waals surface area contributed by atoms with E-state index in [4.69, 9.17) is 0 Å². The second-order valence-electron chi connectivity index (χ2n) is 7.79. The summed E-state index contributed by atoms with van der Waals surface area (Å²) in [6.45, 7) is 6.07. The number of piperidine rings is 1. The summed E-state index contributed by atoms with van der Waals surface area (Å²) in [7, 11) is 0. The maximum absolute atomic E-state index is 11.9. The molecule has 1 aliphatic heterocycles. The molecule has 0 spiro atoms. The Kier molecular flexibility index (Phi) is 4.74. The topological polar surface area (TPSA) is 71.0 Å². The Morgan fingerprint density at radius 3 is 2.69 bits per heavy atom. The van der Waals surface area contributed by atoms with Crippen LogP contribution in [0.4, 0.5) is 5.82 Å². The van der Waals surface area contributed by atoms with Gasteiger partial charge in [0.15, 0.2) is 5.65 Å². The summed E-state index contributed by atoms with van der Waals surface area (Å²) < 4.78 is 0. The molecule has 0 atom stereocenters. The quantitative estimate of drug-likeness (QED) is 0.895. The molecular formula is C20H27N5O. The molecule has 0 aromatic carbocycles. The predicted molar refractivity (Wildman–Crippen MR) is 102 cm³/mol. The highest BCUT2D eigenvalue weighted by Crippen LogP contribution is 2.30. The second-order valence-corrected chi connectivity index (χ2v) is 7.79. The SMILES string of the molecule is Cc1cc(C)c2c(N3CCC(CCC(=O)NC4CC4)CC3)ncnc2n1. The molecule has 0 radical (unpaired) electrons. The minimum atomic E-state index is 0.230. The van der Waals surface area contributed by atoms with Gasteiger partial charge in [-0.25, -0.2) is 15.0 Å². The monoisotopic (exact) mass is 353 g/mol. The van der Waals surface area contributed by atoms with Crippen molar-refractivity contribution in [2.45, 2.75) is 58.4 Å². The van der Waals surface area contributed by atoms with Crippen LogP contribution in [-0.2, 0) is 4.79 Å². The third-order valence-corrected chi connectivity index (χ3v) is 5.55. The largest absolute Gasteiger partial charge is 0.356 e. The average Bonchev–Trinajstić information content (AvgIpc) is 3.43. The number of fused-ring (bicyclic) bond motifs is 1. The molecule has 3 heterocycles. The summed E-state index contributed by atoms with van der Waals surface area (Å²) in [5.74, 6) is 1.87. The van der Waals surface area contributed by atoms with Crippen molar-refractivity contribution in [3.63, 3.8) is 0 Å². The smallest absolute Gasteiger partial charge is 0.220 e. The van der Waals surface area contributed by atoms with Gasteiger partial charge in [-0.2, -0.15) is 0 Å². The van der Waals surface area contributed by atoms with Gasteiger partial charge < -0.3 is 10.2 Å². The normalized spacial score (nSPS) is 18.3. The van der Waals surface area contributed by atoms with Crippen molar-refractivity contribution in [1.29, 1.82) is 0 Å². The minimum Gasteiger partial charge on any atom is -0.356 e. The molecule has 1 aliphatic carbocycles. The molecular weight excluding hydrogens is 326 g/mol. The van der Waals surface area contributed by atoms with Crippen molar-refractivity contribution in [3.8, 4) is 0 Å². The number of hydrogen-bond acceptors (Lipinski definition) is 5. The molecule has 1 amide bonds. The fourth-order valence-electron chi connectivity index (χ4n) is 3.93. The first-order valence-corrected chi connectivity index (χ1v) is 9.73. The van der Waals surface area contributed by atoms with E-state index in [9.17, 15) is 4.79 Å². The fraction of sp³-hybridized carbons (Fsp3) is 0.600. The highest BCUT2D eigenvalue weighted by atomic mass is 16.1. The van der Waals surface area contributed by atoms with Crippen molar-refractivity contribution < 1.29 is 4.79 Å². The Balaban J connectivity index is 1.38. The Bertz CT molecular complexity index is 809. The third kappa shape index (κ3) is 3.79. The predicted octanol–water partition coefficient (Wildman–Crippen LogP) is 2.92. The molecule has 138 valence electrons. The fourth-order valence-corrected chi connectivity index (χ4v) is 3.93. The molecule has 1 saturated heterocycles. The number of pyridine rings is 1. The van der Waals surface area contributed by atoms with E-state index in [1.54, 1.807) is 6.33 Å². The number of aryl methyl sites for hydroxylation is 2. The summed E-state index contributed by atoms with van der Waals surface area (Å²) in [6, 6.07) is 2.57. The van der Waals surface area contributed by atoms with Crippen LogP contribution in [0.2, 0.25) is 0 Å². The molecule has 6 nitrogen and oxygen atoms in total. The zero-order valence-corrected chi connectivity index (χ0v) is 15.7. The van der Waals surface area contributed by atoms with Gasteiger partial charge in [0.25, 0.3) is 0 Å². The Morgan fingerprint density at radius 2 is 1.96 bits per heavy atom. The molecule has 4 rings (SSSR count). The molecule has 0 bridgehead atoms. The summed E-state index contributed by atoms with van der Waals surface area (Å²) in [5.41, 5.74) is 2.95. The molecule has 2 aliphatic rings. The number of nitrogens with one attached hydrogen (secondary N) is 1. The molecule has 2 aromatic rings.